The van der Waals surface area contributed by atoms with Gasteiger partial charge in [-0.15, -0.1) is 11.3 Å². The first-order valence-electron chi connectivity index (χ1n) is 6.85. The van der Waals surface area contributed by atoms with Crippen LogP contribution in [0.25, 0.3) is 0 Å². The molecule has 0 amide bonds. The van der Waals surface area contributed by atoms with Crippen molar-refractivity contribution in [3.05, 3.63) is 46.8 Å². The fourth-order valence-electron chi connectivity index (χ4n) is 2.93. The molecular formula is C16H11N3O2S. The summed E-state index contributed by atoms with van der Waals surface area (Å²) < 4.78 is 0. The first-order valence-corrected chi connectivity index (χ1v) is 7.73. The second-order valence-electron chi connectivity index (χ2n) is 5.32. The maximum atomic E-state index is 12.6. The van der Waals surface area contributed by atoms with Gasteiger partial charge in [-0.2, -0.15) is 5.26 Å². The van der Waals surface area contributed by atoms with Crippen molar-refractivity contribution >= 4 is 33.6 Å². The van der Waals surface area contributed by atoms with Gasteiger partial charge in [0.1, 0.15) is 5.00 Å². The number of ketones is 1. The van der Waals surface area contributed by atoms with Crippen LogP contribution in [0.15, 0.2) is 40.7 Å². The highest BCUT2D eigenvalue weighted by molar-refractivity contribution is 7.14. The largest absolute Gasteiger partial charge is 0.374 e. The molecule has 5 nitrogen and oxygen atoms in total. The number of anilines is 1. The molecule has 0 spiro atoms. The van der Waals surface area contributed by atoms with E-state index >= 15 is 0 Å². The molecule has 2 aromatic rings. The maximum absolute atomic E-state index is 12.6. The summed E-state index contributed by atoms with van der Waals surface area (Å²) in [6.07, 6.45) is 0.319. The number of hydrogen-bond acceptors (Lipinski definition) is 6. The monoisotopic (exact) mass is 309 g/mol. The molecule has 0 radical (unpaired) electrons. The normalized spacial score (nSPS) is 22.8. The van der Waals surface area contributed by atoms with Crippen LogP contribution < -0.4 is 4.90 Å². The molecule has 0 saturated carbocycles. The van der Waals surface area contributed by atoms with E-state index in [0.717, 1.165) is 5.69 Å². The van der Waals surface area contributed by atoms with E-state index in [4.69, 9.17) is 5.26 Å². The molecule has 0 bridgehead atoms. The summed E-state index contributed by atoms with van der Waals surface area (Å²) >= 11 is 1.39. The van der Waals surface area contributed by atoms with Crippen molar-refractivity contribution in [1.29, 1.82) is 5.26 Å². The van der Waals surface area contributed by atoms with Gasteiger partial charge in [-0.05, 0) is 35.7 Å². The predicted octanol–water partition coefficient (Wildman–Crippen LogP) is 2.49. The van der Waals surface area contributed by atoms with Gasteiger partial charge in [-0.25, -0.2) is 4.99 Å². The highest BCUT2D eigenvalue weighted by atomic mass is 32.1. The number of aliphatic imine (C=N–C) groups is 1. The Morgan fingerprint density at radius 3 is 2.82 bits per heavy atom. The first-order chi connectivity index (χ1) is 10.6. The molecule has 3 heterocycles. The summed E-state index contributed by atoms with van der Waals surface area (Å²) in [5.41, 5.74) is 0.349. The molecule has 22 heavy (non-hydrogen) atoms. The van der Waals surface area contributed by atoms with Gasteiger partial charge >= 0.3 is 0 Å². The van der Waals surface area contributed by atoms with E-state index in [0.29, 0.717) is 34.9 Å². The van der Waals surface area contributed by atoms with E-state index in [2.05, 4.69) is 11.1 Å². The van der Waals surface area contributed by atoms with Crippen LogP contribution >= 0.6 is 11.3 Å². The van der Waals surface area contributed by atoms with Crippen LogP contribution in [0, 0.1) is 11.3 Å². The Morgan fingerprint density at radius 2 is 2.09 bits per heavy atom. The van der Waals surface area contributed by atoms with Crippen molar-refractivity contribution in [3.8, 4) is 6.07 Å². The van der Waals surface area contributed by atoms with Gasteiger partial charge in [0.05, 0.1) is 17.2 Å². The van der Waals surface area contributed by atoms with Crippen LogP contribution in [-0.2, 0) is 0 Å². The number of nitrogens with zero attached hydrogens (tertiary/aromatic N) is 3. The molecule has 1 saturated heterocycles. The van der Waals surface area contributed by atoms with Crippen LogP contribution in [0.2, 0.25) is 0 Å². The van der Waals surface area contributed by atoms with E-state index in [1.807, 2.05) is 10.3 Å². The maximum Gasteiger partial charge on any atom is 0.205 e. The summed E-state index contributed by atoms with van der Waals surface area (Å²) in [7, 11) is 0. The number of fused-ring (bicyclic) bond motifs is 2. The average Bonchev–Trinajstić information content (AvgIpc) is 3.14. The van der Waals surface area contributed by atoms with Gasteiger partial charge < -0.3 is 10.0 Å². The van der Waals surface area contributed by atoms with E-state index in [9.17, 15) is 9.90 Å². The van der Waals surface area contributed by atoms with Crippen molar-refractivity contribution < 1.29 is 9.90 Å². The third-order valence-corrected chi connectivity index (χ3v) is 4.91. The second kappa shape index (κ2) is 4.50. The smallest absolute Gasteiger partial charge is 0.205 e. The zero-order valence-corrected chi connectivity index (χ0v) is 12.3. The number of hydrogen-bond donors (Lipinski definition) is 1. The van der Waals surface area contributed by atoms with Crippen molar-refractivity contribution in [2.24, 2.45) is 4.99 Å². The van der Waals surface area contributed by atoms with E-state index < -0.39 is 5.60 Å². The lowest BCUT2D eigenvalue weighted by Crippen LogP contribution is -2.48. The Balaban J connectivity index is 1.81. The van der Waals surface area contributed by atoms with Crippen LogP contribution in [0.5, 0.6) is 0 Å². The summed E-state index contributed by atoms with van der Waals surface area (Å²) in [5.74, 6) is 0.113. The summed E-state index contributed by atoms with van der Waals surface area (Å²) in [5, 5.41) is 22.1. The van der Waals surface area contributed by atoms with Crippen LogP contribution in [0.3, 0.4) is 0 Å². The van der Waals surface area contributed by atoms with Gasteiger partial charge in [0.25, 0.3) is 0 Å². The first kappa shape index (κ1) is 13.2. The predicted molar refractivity (Wildman–Crippen MR) is 83.8 cm³/mol. The van der Waals surface area contributed by atoms with E-state index in [1.54, 1.807) is 30.3 Å². The Hall–Kier alpha value is -2.49. The van der Waals surface area contributed by atoms with Gasteiger partial charge in [0.15, 0.2) is 11.4 Å². The zero-order valence-electron chi connectivity index (χ0n) is 11.5. The van der Waals surface area contributed by atoms with Gasteiger partial charge in [0, 0.05) is 18.7 Å². The molecule has 0 aliphatic carbocycles. The Labute approximate surface area is 130 Å². The van der Waals surface area contributed by atoms with Crippen molar-refractivity contribution in [3.63, 3.8) is 0 Å². The number of rotatable bonds is 1. The van der Waals surface area contributed by atoms with Gasteiger partial charge in [0.2, 0.25) is 5.78 Å². The highest BCUT2D eigenvalue weighted by Gasteiger charge is 2.52. The number of carbonyl (C=O) groups excluding carboxylic acids is 1. The van der Waals surface area contributed by atoms with Crippen molar-refractivity contribution in [1.82, 2.24) is 0 Å². The van der Waals surface area contributed by atoms with Gasteiger partial charge in [-0.1, -0.05) is 0 Å². The Kier molecular flexibility index (Phi) is 2.70. The summed E-state index contributed by atoms with van der Waals surface area (Å²) in [6, 6.07) is 10.8. The zero-order chi connectivity index (χ0) is 15.3. The van der Waals surface area contributed by atoms with Crippen molar-refractivity contribution in [2.45, 2.75) is 12.0 Å². The van der Waals surface area contributed by atoms with Crippen LogP contribution in [0.4, 0.5) is 10.7 Å². The molecule has 1 atom stereocenters. The van der Waals surface area contributed by atoms with Crippen LogP contribution in [0.1, 0.15) is 22.3 Å². The minimum atomic E-state index is -1.54. The molecule has 1 unspecified atom stereocenters. The Morgan fingerprint density at radius 1 is 1.32 bits per heavy atom. The number of thiophene rings is 1. The third-order valence-electron chi connectivity index (χ3n) is 4.10. The third kappa shape index (κ3) is 1.67. The minimum Gasteiger partial charge on any atom is -0.374 e. The number of aliphatic hydroxyl groups is 1. The van der Waals surface area contributed by atoms with E-state index in [-0.39, 0.29) is 5.78 Å². The lowest BCUT2D eigenvalue weighted by atomic mass is 9.90. The molecule has 2 aliphatic rings. The molecule has 1 fully saturated rings. The number of amidine groups is 1. The number of carbonyl (C=O) groups is 1. The molecule has 1 N–H and O–H groups in total. The standard InChI is InChI=1S/C16H11N3O2S/c17-9-10-1-3-11(4-2-10)19-7-6-16(21)13(20)12-5-8-22-14(12)18-15(16)19/h1-5,8,21H,6-7H2. The fraction of sp³-hybridized carbons (Fsp3) is 0.188. The van der Waals surface area contributed by atoms with E-state index in [1.165, 1.54) is 11.3 Å². The highest BCUT2D eigenvalue weighted by Crippen LogP contribution is 2.41. The van der Waals surface area contributed by atoms with Crippen molar-refractivity contribution in [2.75, 3.05) is 11.4 Å². The summed E-state index contributed by atoms with van der Waals surface area (Å²) in [6.45, 7) is 0.516. The fourth-order valence-corrected chi connectivity index (χ4v) is 3.69. The topological polar surface area (TPSA) is 76.7 Å². The quantitative estimate of drug-likeness (QED) is 0.878. The molecule has 1 aromatic heterocycles. The number of nitriles is 1. The minimum absolute atomic E-state index is 0.273. The number of benzene rings is 1. The second-order valence-corrected chi connectivity index (χ2v) is 6.22. The average molecular weight is 309 g/mol. The van der Waals surface area contributed by atoms with Gasteiger partial charge in [-0.3, -0.25) is 4.79 Å². The molecule has 4 rings (SSSR count). The molecule has 2 aliphatic heterocycles. The molecule has 1 aromatic carbocycles. The Bertz CT molecular complexity index is 847. The molecule has 108 valence electrons. The molecular weight excluding hydrogens is 298 g/mol. The lowest BCUT2D eigenvalue weighted by molar-refractivity contribution is 0.0603. The number of Topliss-reactive ketones (excluding diaryl/α,β-unsaturated/α-hetero) is 1. The van der Waals surface area contributed by atoms with Crippen LogP contribution in [-0.4, -0.2) is 28.9 Å². The SMILES string of the molecule is N#Cc1ccc(N2CCC3(O)C(=O)c4ccsc4N=C23)cc1. The molecule has 6 heteroatoms. The summed E-state index contributed by atoms with van der Waals surface area (Å²) in [4.78, 5) is 18.9. The lowest BCUT2D eigenvalue weighted by Gasteiger charge is -2.28.